The van der Waals surface area contributed by atoms with E-state index in [0.717, 1.165) is 32.7 Å². The first-order chi connectivity index (χ1) is 13.6. The maximum atomic E-state index is 12.4. The van der Waals surface area contributed by atoms with E-state index in [9.17, 15) is 9.59 Å². The van der Waals surface area contributed by atoms with E-state index in [1.165, 1.54) is 12.8 Å². The normalized spacial score (nSPS) is 25.5. The van der Waals surface area contributed by atoms with E-state index < -0.39 is 6.10 Å². The molecule has 4 rings (SSSR count). The highest BCUT2D eigenvalue weighted by molar-refractivity contribution is 5.99. The van der Waals surface area contributed by atoms with Crippen LogP contribution >= 0.6 is 0 Å². The first kappa shape index (κ1) is 19.0. The van der Waals surface area contributed by atoms with E-state index in [1.807, 2.05) is 0 Å². The summed E-state index contributed by atoms with van der Waals surface area (Å²) in [5.74, 6) is 0.881. The van der Waals surface area contributed by atoms with Gasteiger partial charge < -0.3 is 25.4 Å². The fraction of sp³-hybridized carbons (Fsp3) is 0.600. The van der Waals surface area contributed by atoms with Crippen LogP contribution in [0.5, 0.6) is 5.75 Å². The van der Waals surface area contributed by atoms with Crippen LogP contribution in [-0.4, -0.2) is 61.8 Å². The van der Waals surface area contributed by atoms with Gasteiger partial charge in [0.2, 0.25) is 0 Å². The highest BCUT2D eigenvalue weighted by Crippen LogP contribution is 2.32. The van der Waals surface area contributed by atoms with Crippen molar-refractivity contribution in [1.82, 2.24) is 10.2 Å². The van der Waals surface area contributed by atoms with E-state index >= 15 is 0 Å². The number of hydrogen-bond acceptors (Lipinski definition) is 5. The van der Waals surface area contributed by atoms with Crippen molar-refractivity contribution >= 4 is 23.3 Å². The summed E-state index contributed by atoms with van der Waals surface area (Å²) in [6.07, 6.45) is 2.97. The van der Waals surface area contributed by atoms with Gasteiger partial charge in [0, 0.05) is 30.8 Å². The Kier molecular flexibility index (Phi) is 5.68. The maximum absolute atomic E-state index is 12.4. The van der Waals surface area contributed by atoms with Gasteiger partial charge in [-0.2, -0.15) is 0 Å². The van der Waals surface area contributed by atoms with Crippen molar-refractivity contribution in [2.45, 2.75) is 38.3 Å². The van der Waals surface area contributed by atoms with Gasteiger partial charge >= 0.3 is 6.03 Å². The van der Waals surface area contributed by atoms with Crippen molar-refractivity contribution in [2.24, 2.45) is 5.92 Å². The number of hydrogen-bond donors (Lipinski definition) is 3. The molecule has 3 heterocycles. The lowest BCUT2D eigenvalue weighted by molar-refractivity contribution is -0.122. The van der Waals surface area contributed by atoms with E-state index in [2.05, 4.69) is 20.9 Å². The van der Waals surface area contributed by atoms with Crippen molar-refractivity contribution < 1.29 is 19.1 Å². The zero-order valence-electron chi connectivity index (χ0n) is 16.2. The molecule has 0 unspecified atom stereocenters. The number of anilines is 2. The van der Waals surface area contributed by atoms with Gasteiger partial charge in [-0.15, -0.1) is 0 Å². The molecule has 3 amide bonds. The molecule has 1 aromatic carbocycles. The van der Waals surface area contributed by atoms with Crippen LogP contribution in [0.15, 0.2) is 18.2 Å². The molecule has 1 aromatic rings. The van der Waals surface area contributed by atoms with Crippen LogP contribution in [0.1, 0.15) is 26.2 Å². The van der Waals surface area contributed by atoms with Gasteiger partial charge in [0.05, 0.1) is 12.3 Å². The fourth-order valence-electron chi connectivity index (χ4n) is 4.18. The van der Waals surface area contributed by atoms with Crippen LogP contribution in [0, 0.1) is 5.92 Å². The lowest BCUT2D eigenvalue weighted by Gasteiger charge is -2.32. The van der Waals surface area contributed by atoms with E-state index in [-0.39, 0.29) is 11.9 Å². The highest BCUT2D eigenvalue weighted by Gasteiger charge is 2.32. The average Bonchev–Trinajstić information content (AvgIpc) is 3.38. The van der Waals surface area contributed by atoms with Gasteiger partial charge in [0.25, 0.3) is 5.91 Å². The second-order valence-corrected chi connectivity index (χ2v) is 7.73. The molecule has 0 aromatic heterocycles. The molecule has 3 atom stereocenters. The Morgan fingerprint density at radius 3 is 2.93 bits per heavy atom. The van der Waals surface area contributed by atoms with Gasteiger partial charge in [0.15, 0.2) is 6.10 Å². The van der Waals surface area contributed by atoms with Gasteiger partial charge in [-0.05, 0) is 57.5 Å². The molecule has 0 radical (unpaired) electrons. The van der Waals surface area contributed by atoms with Crippen molar-refractivity contribution in [3.63, 3.8) is 0 Å². The SMILES string of the molecule is C[C@@H]1Oc2ccc(NC(=O)NC[C@@H]([C@@H]3CCOC3)N3CCCC3)cc2NC1=O. The summed E-state index contributed by atoms with van der Waals surface area (Å²) in [6.45, 7) is 6.06. The van der Waals surface area contributed by atoms with Crippen LogP contribution in [0.4, 0.5) is 16.2 Å². The van der Waals surface area contributed by atoms with Crippen LogP contribution in [0.25, 0.3) is 0 Å². The minimum absolute atomic E-state index is 0.193. The Morgan fingerprint density at radius 1 is 1.36 bits per heavy atom. The quantitative estimate of drug-likeness (QED) is 0.718. The summed E-state index contributed by atoms with van der Waals surface area (Å²) in [6, 6.07) is 5.30. The van der Waals surface area contributed by atoms with E-state index in [1.54, 1.807) is 25.1 Å². The van der Waals surface area contributed by atoms with Crippen molar-refractivity contribution in [3.05, 3.63) is 18.2 Å². The van der Waals surface area contributed by atoms with Crippen LogP contribution in [0.3, 0.4) is 0 Å². The van der Waals surface area contributed by atoms with Crippen LogP contribution in [0.2, 0.25) is 0 Å². The van der Waals surface area contributed by atoms with Crippen LogP contribution < -0.4 is 20.7 Å². The first-order valence-corrected chi connectivity index (χ1v) is 10.1. The Balaban J connectivity index is 1.34. The third kappa shape index (κ3) is 4.23. The van der Waals surface area contributed by atoms with Gasteiger partial charge in [-0.1, -0.05) is 0 Å². The first-order valence-electron chi connectivity index (χ1n) is 10.1. The molecule has 0 aliphatic carbocycles. The third-order valence-electron chi connectivity index (χ3n) is 5.76. The molecule has 3 N–H and O–H groups in total. The molecule has 152 valence electrons. The summed E-state index contributed by atoms with van der Waals surface area (Å²) >= 11 is 0. The number of likely N-dealkylation sites (tertiary alicyclic amines) is 1. The van der Waals surface area contributed by atoms with E-state index in [4.69, 9.17) is 9.47 Å². The zero-order valence-corrected chi connectivity index (χ0v) is 16.2. The Labute approximate surface area is 164 Å². The van der Waals surface area contributed by atoms with Gasteiger partial charge in [-0.3, -0.25) is 9.69 Å². The van der Waals surface area contributed by atoms with Crippen molar-refractivity contribution in [3.8, 4) is 5.75 Å². The smallest absolute Gasteiger partial charge is 0.319 e. The number of amides is 3. The number of urea groups is 1. The molecule has 2 fully saturated rings. The number of rotatable bonds is 5. The van der Waals surface area contributed by atoms with Crippen LogP contribution in [-0.2, 0) is 9.53 Å². The zero-order chi connectivity index (χ0) is 19.5. The summed E-state index contributed by atoms with van der Waals surface area (Å²) < 4.78 is 11.1. The minimum atomic E-state index is -0.517. The number of nitrogens with zero attached hydrogens (tertiary/aromatic N) is 1. The molecule has 28 heavy (non-hydrogen) atoms. The fourth-order valence-corrected chi connectivity index (χ4v) is 4.18. The number of ether oxygens (including phenoxy) is 2. The van der Waals surface area contributed by atoms with Crippen molar-refractivity contribution in [2.75, 3.05) is 43.5 Å². The van der Waals surface area contributed by atoms with Crippen molar-refractivity contribution in [1.29, 1.82) is 0 Å². The summed E-state index contributed by atoms with van der Waals surface area (Å²) in [5.41, 5.74) is 1.18. The Morgan fingerprint density at radius 2 is 2.18 bits per heavy atom. The lowest BCUT2D eigenvalue weighted by atomic mass is 9.97. The molecule has 8 nitrogen and oxygen atoms in total. The predicted octanol–water partition coefficient (Wildman–Crippen LogP) is 2.03. The average molecular weight is 388 g/mol. The minimum Gasteiger partial charge on any atom is -0.479 e. The Hall–Kier alpha value is -2.32. The predicted molar refractivity (Wildman–Crippen MR) is 106 cm³/mol. The monoisotopic (exact) mass is 388 g/mol. The summed E-state index contributed by atoms with van der Waals surface area (Å²) in [5, 5.41) is 8.65. The summed E-state index contributed by atoms with van der Waals surface area (Å²) in [4.78, 5) is 26.7. The second kappa shape index (κ2) is 8.36. The Bertz CT molecular complexity index is 713. The molecule has 3 aliphatic heterocycles. The number of fused-ring (bicyclic) bond motifs is 1. The molecule has 2 saturated heterocycles. The number of benzene rings is 1. The second-order valence-electron chi connectivity index (χ2n) is 7.73. The molecule has 0 bridgehead atoms. The molecule has 3 aliphatic rings. The lowest BCUT2D eigenvalue weighted by Crippen LogP contribution is -2.48. The largest absolute Gasteiger partial charge is 0.479 e. The molecular weight excluding hydrogens is 360 g/mol. The number of carbonyl (C=O) groups excluding carboxylic acids is 2. The van der Waals surface area contributed by atoms with Gasteiger partial charge in [0.1, 0.15) is 5.75 Å². The number of carbonyl (C=O) groups is 2. The number of nitrogens with one attached hydrogen (secondary N) is 3. The highest BCUT2D eigenvalue weighted by atomic mass is 16.5. The molecule has 0 saturated carbocycles. The molecule has 0 spiro atoms. The molecular formula is C20H28N4O4. The standard InChI is InChI=1S/C20H28N4O4/c1-13-19(25)23-16-10-15(4-5-18(16)28-13)22-20(26)21-11-17(14-6-9-27-12-14)24-7-2-3-8-24/h4-5,10,13-14,17H,2-3,6-9,11-12H2,1H3,(H,23,25)(H2,21,22,26)/t13-,14+,17-/m0/s1. The van der Waals surface area contributed by atoms with E-state index in [0.29, 0.717) is 35.6 Å². The van der Waals surface area contributed by atoms with Gasteiger partial charge in [-0.25, -0.2) is 4.79 Å². The topological polar surface area (TPSA) is 91.9 Å². The molecule has 8 heteroatoms. The third-order valence-corrected chi connectivity index (χ3v) is 5.76. The maximum Gasteiger partial charge on any atom is 0.319 e. The summed E-state index contributed by atoms with van der Waals surface area (Å²) in [7, 11) is 0.